The topological polar surface area (TPSA) is 104 Å². The molecule has 7 heteroatoms. The summed E-state index contributed by atoms with van der Waals surface area (Å²) < 4.78 is 0. The van der Waals surface area contributed by atoms with E-state index >= 15 is 0 Å². The second-order valence-corrected chi connectivity index (χ2v) is 8.94. The highest BCUT2D eigenvalue weighted by molar-refractivity contribution is 5.87. The molecule has 35 heavy (non-hydrogen) atoms. The smallest absolute Gasteiger partial charge is 0.230 e. The summed E-state index contributed by atoms with van der Waals surface area (Å²) in [6.07, 6.45) is 10.7. The maximum Gasteiger partial charge on any atom is 0.230 e. The molecule has 2 aromatic carbocycles. The van der Waals surface area contributed by atoms with Crippen molar-refractivity contribution in [2.24, 2.45) is 0 Å². The minimum absolute atomic E-state index is 0.0301. The first-order chi connectivity index (χ1) is 17.1. The first-order valence-corrected chi connectivity index (χ1v) is 12.4. The molecule has 1 atom stereocenters. The number of unbranched alkanes of at least 4 members (excludes halogenated alkanes) is 2. The lowest BCUT2D eigenvalue weighted by Gasteiger charge is -2.15. The van der Waals surface area contributed by atoms with Crippen LogP contribution >= 0.6 is 0 Å². The average molecular weight is 472 g/mol. The van der Waals surface area contributed by atoms with Gasteiger partial charge in [-0.25, -0.2) is 4.98 Å². The van der Waals surface area contributed by atoms with Crippen molar-refractivity contribution < 1.29 is 9.59 Å². The number of carbonyl (C=O) groups excluding carboxylic acids is 2. The van der Waals surface area contributed by atoms with Gasteiger partial charge in [-0.15, -0.1) is 0 Å². The Morgan fingerprint density at radius 3 is 2.69 bits per heavy atom. The largest absolute Gasteiger partial charge is 0.355 e. The molecule has 0 saturated carbocycles. The molecule has 2 aromatic heterocycles. The fourth-order valence-corrected chi connectivity index (χ4v) is 4.30. The third-order valence-corrected chi connectivity index (χ3v) is 6.41. The van der Waals surface area contributed by atoms with E-state index < -0.39 is 0 Å². The van der Waals surface area contributed by atoms with Crippen LogP contribution in [0.25, 0.3) is 22.0 Å². The molecule has 4 rings (SSSR count). The van der Waals surface area contributed by atoms with Gasteiger partial charge in [0.1, 0.15) is 11.6 Å². The summed E-state index contributed by atoms with van der Waals surface area (Å²) in [5, 5.41) is 12.2. The molecule has 0 saturated heterocycles. The predicted molar refractivity (Wildman–Crippen MR) is 138 cm³/mol. The second kappa shape index (κ2) is 12.1. The van der Waals surface area contributed by atoms with Gasteiger partial charge in [-0.3, -0.25) is 14.7 Å². The minimum atomic E-state index is -0.365. The summed E-state index contributed by atoms with van der Waals surface area (Å²) in [6.45, 7) is 2.44. The summed E-state index contributed by atoms with van der Waals surface area (Å²) in [5.74, 6) is 0.580. The van der Waals surface area contributed by atoms with Crippen molar-refractivity contribution in [1.29, 1.82) is 0 Å². The van der Waals surface area contributed by atoms with Crippen LogP contribution in [0.4, 0.5) is 0 Å². The number of ketones is 1. The molecule has 3 N–H and O–H groups in total. The van der Waals surface area contributed by atoms with Crippen molar-refractivity contribution in [2.75, 3.05) is 6.54 Å². The Labute approximate surface area is 205 Å². The molecule has 0 spiro atoms. The number of nitrogens with one attached hydrogen (secondary N) is 3. The Balaban J connectivity index is 1.44. The van der Waals surface area contributed by atoms with E-state index in [1.165, 1.54) is 5.39 Å². The Bertz CT molecular complexity index is 1250. The fourth-order valence-electron chi connectivity index (χ4n) is 4.30. The number of rotatable bonds is 13. The van der Waals surface area contributed by atoms with E-state index in [1.807, 2.05) is 31.5 Å². The van der Waals surface area contributed by atoms with E-state index in [9.17, 15) is 9.59 Å². The van der Waals surface area contributed by atoms with Gasteiger partial charge in [0, 0.05) is 31.1 Å². The van der Waals surface area contributed by atoms with Crippen molar-refractivity contribution in [3.05, 3.63) is 72.4 Å². The maximum absolute atomic E-state index is 13.2. The first kappa shape index (κ1) is 24.4. The molecule has 4 aromatic rings. The summed E-state index contributed by atoms with van der Waals surface area (Å²) in [6, 6.07) is 14.6. The number of imidazole rings is 1. The molecular formula is C28H33N5O2. The van der Waals surface area contributed by atoms with E-state index in [1.54, 1.807) is 6.20 Å². The molecule has 2 heterocycles. The average Bonchev–Trinajstić information content (AvgIpc) is 3.58. The number of hydrogen-bond acceptors (Lipinski definition) is 4. The highest BCUT2D eigenvalue weighted by Gasteiger charge is 2.23. The maximum atomic E-state index is 13.2. The fraction of sp³-hybridized carbons (Fsp3) is 0.357. The van der Waals surface area contributed by atoms with Crippen LogP contribution in [0.1, 0.15) is 62.8 Å². The van der Waals surface area contributed by atoms with Crippen LogP contribution in [-0.4, -0.2) is 38.4 Å². The van der Waals surface area contributed by atoms with Gasteiger partial charge in [0.05, 0.1) is 24.0 Å². The normalized spacial score (nSPS) is 12.0. The van der Waals surface area contributed by atoms with Crippen LogP contribution in [0.5, 0.6) is 0 Å². The van der Waals surface area contributed by atoms with Crippen LogP contribution in [-0.2, 0) is 16.0 Å². The van der Waals surface area contributed by atoms with Gasteiger partial charge in [-0.2, -0.15) is 5.10 Å². The van der Waals surface area contributed by atoms with E-state index in [-0.39, 0.29) is 11.8 Å². The van der Waals surface area contributed by atoms with E-state index in [4.69, 9.17) is 0 Å². The van der Waals surface area contributed by atoms with Gasteiger partial charge >= 0.3 is 0 Å². The van der Waals surface area contributed by atoms with Gasteiger partial charge < -0.3 is 10.3 Å². The monoisotopic (exact) mass is 471 g/mol. The molecule has 7 nitrogen and oxygen atoms in total. The number of amides is 1. The number of benzene rings is 2. The number of aromatic amines is 2. The van der Waals surface area contributed by atoms with Gasteiger partial charge in [0.25, 0.3) is 0 Å². The molecule has 0 aliphatic rings. The zero-order valence-electron chi connectivity index (χ0n) is 20.2. The van der Waals surface area contributed by atoms with Crippen LogP contribution < -0.4 is 5.32 Å². The molecule has 1 amide bonds. The Morgan fingerprint density at radius 2 is 1.89 bits per heavy atom. The Morgan fingerprint density at radius 1 is 1.03 bits per heavy atom. The number of hydrogen-bond donors (Lipinski definition) is 3. The second-order valence-electron chi connectivity index (χ2n) is 8.94. The number of Topliss-reactive ketones (excluding diaryl/α,β-unsaturated/α-hetero) is 1. The Kier molecular flexibility index (Phi) is 8.44. The lowest BCUT2D eigenvalue weighted by molar-refractivity contribution is -0.123. The van der Waals surface area contributed by atoms with Crippen molar-refractivity contribution in [3.63, 3.8) is 0 Å². The standard InChI is InChI=1S/C28H33N5O2/c1-2-24(34)10-4-3-5-11-25(28(35)29-15-14-20-17-31-32-18-20)27-30-19-26(33-27)23-13-12-21-8-6-7-9-22(21)16-23/h6-9,12-13,16-19,25H,2-5,10-11,14-15H2,1H3,(H,29,35)(H,30,33)(H,31,32). The molecule has 0 aliphatic carbocycles. The van der Waals surface area contributed by atoms with E-state index in [0.29, 0.717) is 43.8 Å². The number of nitrogens with zero attached hydrogens (tertiary/aromatic N) is 2. The third kappa shape index (κ3) is 6.66. The van der Waals surface area contributed by atoms with Crippen LogP contribution in [0.2, 0.25) is 0 Å². The number of aromatic nitrogens is 4. The molecular weight excluding hydrogens is 438 g/mol. The summed E-state index contributed by atoms with van der Waals surface area (Å²) in [7, 11) is 0. The SMILES string of the molecule is CCC(=O)CCCCCC(C(=O)NCCc1cn[nH]c1)c1ncc(-c2ccc3ccccc3c2)[nH]1. The molecule has 182 valence electrons. The zero-order chi connectivity index (χ0) is 24.5. The van der Waals surface area contributed by atoms with Crippen molar-refractivity contribution in [2.45, 2.75) is 57.8 Å². The van der Waals surface area contributed by atoms with Crippen molar-refractivity contribution >= 4 is 22.5 Å². The van der Waals surface area contributed by atoms with Crippen molar-refractivity contribution in [3.8, 4) is 11.3 Å². The number of H-pyrrole nitrogens is 2. The quantitative estimate of drug-likeness (QED) is 0.229. The molecule has 1 unspecified atom stereocenters. The zero-order valence-corrected chi connectivity index (χ0v) is 20.2. The summed E-state index contributed by atoms with van der Waals surface area (Å²) in [5.41, 5.74) is 2.99. The minimum Gasteiger partial charge on any atom is -0.355 e. The van der Waals surface area contributed by atoms with E-state index in [2.05, 4.69) is 55.8 Å². The molecule has 0 bridgehead atoms. The Hall–Kier alpha value is -3.74. The lowest BCUT2D eigenvalue weighted by Crippen LogP contribution is -2.31. The first-order valence-electron chi connectivity index (χ1n) is 12.4. The van der Waals surface area contributed by atoms with Crippen LogP contribution in [0, 0.1) is 0 Å². The number of carbonyl (C=O) groups is 2. The van der Waals surface area contributed by atoms with E-state index in [0.717, 1.165) is 41.5 Å². The highest BCUT2D eigenvalue weighted by Crippen LogP contribution is 2.27. The van der Waals surface area contributed by atoms with Gasteiger partial charge in [0.15, 0.2) is 0 Å². The third-order valence-electron chi connectivity index (χ3n) is 6.41. The van der Waals surface area contributed by atoms with Crippen LogP contribution in [0.3, 0.4) is 0 Å². The lowest BCUT2D eigenvalue weighted by atomic mass is 9.98. The van der Waals surface area contributed by atoms with Crippen molar-refractivity contribution in [1.82, 2.24) is 25.5 Å². The molecule has 0 fully saturated rings. The van der Waals surface area contributed by atoms with Gasteiger partial charge in [0.2, 0.25) is 5.91 Å². The summed E-state index contributed by atoms with van der Waals surface area (Å²) in [4.78, 5) is 32.8. The van der Waals surface area contributed by atoms with Gasteiger partial charge in [-0.05, 0) is 41.7 Å². The van der Waals surface area contributed by atoms with Gasteiger partial charge in [-0.1, -0.05) is 56.2 Å². The highest BCUT2D eigenvalue weighted by atomic mass is 16.2. The number of fused-ring (bicyclic) bond motifs is 1. The predicted octanol–water partition coefficient (Wildman–Crippen LogP) is 5.33. The molecule has 0 radical (unpaired) electrons. The van der Waals surface area contributed by atoms with Crippen LogP contribution in [0.15, 0.2) is 61.1 Å². The molecule has 0 aliphatic heterocycles. The summed E-state index contributed by atoms with van der Waals surface area (Å²) >= 11 is 0.